The van der Waals surface area contributed by atoms with Crippen molar-refractivity contribution in [1.82, 2.24) is 15.5 Å². The topological polar surface area (TPSA) is 61.4 Å². The summed E-state index contributed by atoms with van der Waals surface area (Å²) < 4.78 is 0. The molecule has 7 atom stereocenters. The van der Waals surface area contributed by atoms with E-state index in [-0.39, 0.29) is 6.03 Å². The molecule has 5 nitrogen and oxygen atoms in total. The summed E-state index contributed by atoms with van der Waals surface area (Å²) in [6, 6.07) is 0.436. The molecular formula is C24H41N3O2. The quantitative estimate of drug-likeness (QED) is 0.740. The van der Waals surface area contributed by atoms with E-state index < -0.39 is 0 Å². The number of rotatable bonds is 4. The van der Waals surface area contributed by atoms with Crippen LogP contribution in [-0.2, 0) is 4.79 Å². The van der Waals surface area contributed by atoms with Crippen molar-refractivity contribution in [3.05, 3.63) is 0 Å². The number of likely N-dealkylation sites (tertiary alicyclic amines) is 1. The number of hydrogen-bond acceptors (Lipinski definition) is 2. The SMILES string of the molecule is CCCNC(=O)NCC1CC[C@H]2[C@@H]3CC[C@H]4N(C)C(=O)CC[C@]4(C)[C@H]3CC[C@]12C. The second-order valence-electron chi connectivity index (χ2n) is 10.9. The number of hydrogen-bond donors (Lipinski definition) is 2. The first-order chi connectivity index (χ1) is 13.8. The van der Waals surface area contributed by atoms with Crippen LogP contribution in [0.25, 0.3) is 0 Å². The molecule has 5 heteroatoms. The maximum absolute atomic E-state index is 12.3. The van der Waals surface area contributed by atoms with E-state index in [1.807, 2.05) is 7.05 Å². The van der Waals surface area contributed by atoms with Crippen molar-refractivity contribution < 1.29 is 9.59 Å². The lowest BCUT2D eigenvalue weighted by Crippen LogP contribution is -2.61. The second-order valence-corrected chi connectivity index (χ2v) is 10.9. The van der Waals surface area contributed by atoms with Crippen LogP contribution in [0.1, 0.15) is 78.6 Å². The molecule has 4 fully saturated rings. The molecule has 0 aromatic carbocycles. The highest BCUT2D eigenvalue weighted by atomic mass is 16.2. The zero-order chi connectivity index (χ0) is 20.8. The van der Waals surface area contributed by atoms with E-state index in [0.29, 0.717) is 28.7 Å². The number of carbonyl (C=O) groups is 2. The van der Waals surface area contributed by atoms with Crippen molar-refractivity contribution in [1.29, 1.82) is 0 Å². The Kier molecular flexibility index (Phi) is 5.63. The maximum Gasteiger partial charge on any atom is 0.314 e. The van der Waals surface area contributed by atoms with Crippen LogP contribution in [0.2, 0.25) is 0 Å². The lowest BCUT2D eigenvalue weighted by atomic mass is 9.47. The van der Waals surface area contributed by atoms with Gasteiger partial charge in [-0.15, -0.1) is 0 Å². The minimum absolute atomic E-state index is 0.00415. The van der Waals surface area contributed by atoms with Crippen molar-refractivity contribution >= 4 is 11.9 Å². The van der Waals surface area contributed by atoms with E-state index in [9.17, 15) is 9.59 Å². The van der Waals surface area contributed by atoms with Crippen LogP contribution < -0.4 is 10.6 Å². The smallest absolute Gasteiger partial charge is 0.314 e. The lowest BCUT2D eigenvalue weighted by molar-refractivity contribution is -0.158. The average Bonchev–Trinajstić information content (AvgIpc) is 3.04. The molecule has 1 saturated heterocycles. The van der Waals surface area contributed by atoms with Crippen LogP contribution in [0.3, 0.4) is 0 Å². The summed E-state index contributed by atoms with van der Waals surface area (Å²) >= 11 is 0. The zero-order valence-electron chi connectivity index (χ0n) is 18.9. The highest BCUT2D eigenvalue weighted by Crippen LogP contribution is 2.66. The number of piperidine rings is 1. The lowest BCUT2D eigenvalue weighted by Gasteiger charge is -2.61. The third kappa shape index (κ3) is 3.37. The summed E-state index contributed by atoms with van der Waals surface area (Å²) in [6.45, 7) is 8.65. The van der Waals surface area contributed by atoms with E-state index in [2.05, 4.69) is 36.3 Å². The van der Waals surface area contributed by atoms with Gasteiger partial charge < -0.3 is 15.5 Å². The van der Waals surface area contributed by atoms with Gasteiger partial charge in [0.05, 0.1) is 0 Å². The van der Waals surface area contributed by atoms with Gasteiger partial charge in [-0.2, -0.15) is 0 Å². The largest absolute Gasteiger partial charge is 0.342 e. The van der Waals surface area contributed by atoms with Crippen LogP contribution in [0.4, 0.5) is 4.79 Å². The molecule has 2 N–H and O–H groups in total. The maximum atomic E-state index is 12.3. The Morgan fingerprint density at radius 3 is 2.55 bits per heavy atom. The van der Waals surface area contributed by atoms with Gasteiger partial charge in [0.15, 0.2) is 0 Å². The molecule has 1 unspecified atom stereocenters. The molecule has 29 heavy (non-hydrogen) atoms. The Balaban J connectivity index is 1.45. The van der Waals surface area contributed by atoms with E-state index in [1.54, 1.807) is 0 Å². The van der Waals surface area contributed by atoms with E-state index >= 15 is 0 Å². The molecule has 0 spiro atoms. The van der Waals surface area contributed by atoms with E-state index in [0.717, 1.165) is 50.1 Å². The van der Waals surface area contributed by atoms with Crippen molar-refractivity contribution in [2.75, 3.05) is 20.1 Å². The van der Waals surface area contributed by atoms with Gasteiger partial charge in [0.2, 0.25) is 5.91 Å². The number of nitrogens with zero attached hydrogens (tertiary/aromatic N) is 1. The predicted molar refractivity (Wildman–Crippen MR) is 115 cm³/mol. The van der Waals surface area contributed by atoms with Gasteiger partial charge in [-0.05, 0) is 85.9 Å². The number of carbonyl (C=O) groups excluding carboxylic acids is 2. The number of nitrogens with one attached hydrogen (secondary N) is 2. The molecule has 3 saturated carbocycles. The first kappa shape index (κ1) is 21.0. The summed E-state index contributed by atoms with van der Waals surface area (Å²) in [5.74, 6) is 3.29. The Bertz CT molecular complexity index is 652. The van der Waals surface area contributed by atoms with Crippen molar-refractivity contribution in [3.8, 4) is 0 Å². The minimum atomic E-state index is -0.00415. The molecule has 4 rings (SSSR count). The molecule has 164 valence electrons. The molecule has 0 radical (unpaired) electrons. The molecule has 0 bridgehead atoms. The van der Waals surface area contributed by atoms with Crippen LogP contribution in [0, 0.1) is 34.5 Å². The molecule has 3 aliphatic carbocycles. The molecule has 1 aliphatic heterocycles. The molecule has 0 aromatic rings. The van der Waals surface area contributed by atoms with E-state index in [1.165, 1.54) is 38.5 Å². The average molecular weight is 404 g/mol. The predicted octanol–water partition coefficient (Wildman–Crippen LogP) is 4.18. The van der Waals surface area contributed by atoms with Crippen LogP contribution in [0.15, 0.2) is 0 Å². The van der Waals surface area contributed by atoms with Gasteiger partial charge in [0, 0.05) is 32.6 Å². The summed E-state index contributed by atoms with van der Waals surface area (Å²) in [4.78, 5) is 26.4. The third-order valence-corrected chi connectivity index (χ3v) is 9.80. The summed E-state index contributed by atoms with van der Waals surface area (Å²) in [7, 11) is 2.04. The minimum Gasteiger partial charge on any atom is -0.342 e. The molecule has 1 heterocycles. The standard InChI is InChI=1S/C24H41N3O2/c1-5-14-25-22(29)26-15-16-6-8-18-17-7-9-20-24(3,13-11-21(28)27(20)4)19(17)10-12-23(16,18)2/h16-20H,5-15H2,1-4H3,(H2,25,26,29)/t16?,17-,18-,19-,20+,23+,24+/m0/s1. The third-order valence-electron chi connectivity index (χ3n) is 9.80. The first-order valence-corrected chi connectivity index (χ1v) is 12.1. The number of fused-ring (bicyclic) bond motifs is 5. The van der Waals surface area contributed by atoms with Crippen LogP contribution in [-0.4, -0.2) is 43.0 Å². The van der Waals surface area contributed by atoms with Crippen LogP contribution in [0.5, 0.6) is 0 Å². The van der Waals surface area contributed by atoms with Gasteiger partial charge >= 0.3 is 6.03 Å². The summed E-state index contributed by atoms with van der Waals surface area (Å²) in [5, 5.41) is 6.11. The fourth-order valence-corrected chi connectivity index (χ4v) is 8.11. The molecule has 3 amide bonds. The highest BCUT2D eigenvalue weighted by molar-refractivity contribution is 5.77. The van der Waals surface area contributed by atoms with Gasteiger partial charge in [0.25, 0.3) is 0 Å². The Labute approximate surface area is 176 Å². The van der Waals surface area contributed by atoms with Gasteiger partial charge in [-0.3, -0.25) is 4.79 Å². The summed E-state index contributed by atoms with van der Waals surface area (Å²) in [5.41, 5.74) is 0.655. The fourth-order valence-electron chi connectivity index (χ4n) is 8.11. The number of amides is 3. The molecule has 0 aromatic heterocycles. The number of urea groups is 1. The van der Waals surface area contributed by atoms with E-state index in [4.69, 9.17) is 0 Å². The Morgan fingerprint density at radius 2 is 1.79 bits per heavy atom. The normalized spacial score (nSPS) is 43.9. The molecular weight excluding hydrogens is 362 g/mol. The van der Waals surface area contributed by atoms with Crippen molar-refractivity contribution in [3.63, 3.8) is 0 Å². The fraction of sp³-hybridized carbons (Fsp3) is 0.917. The first-order valence-electron chi connectivity index (χ1n) is 12.1. The monoisotopic (exact) mass is 403 g/mol. The summed E-state index contributed by atoms with van der Waals surface area (Å²) in [6.07, 6.45) is 10.4. The Hall–Kier alpha value is -1.26. The second kappa shape index (κ2) is 7.77. The zero-order valence-corrected chi connectivity index (χ0v) is 18.9. The Morgan fingerprint density at radius 1 is 1.03 bits per heavy atom. The van der Waals surface area contributed by atoms with Crippen molar-refractivity contribution in [2.45, 2.75) is 84.6 Å². The van der Waals surface area contributed by atoms with Gasteiger partial charge in [0.1, 0.15) is 0 Å². The highest BCUT2D eigenvalue weighted by Gasteiger charge is 2.60. The van der Waals surface area contributed by atoms with Gasteiger partial charge in [-0.1, -0.05) is 20.8 Å². The van der Waals surface area contributed by atoms with Crippen molar-refractivity contribution in [2.24, 2.45) is 34.5 Å². The van der Waals surface area contributed by atoms with Gasteiger partial charge in [-0.25, -0.2) is 4.79 Å². The molecule has 4 aliphatic rings. The van der Waals surface area contributed by atoms with Crippen LogP contribution >= 0.6 is 0 Å².